The molecule has 0 radical (unpaired) electrons. The maximum Gasteiger partial charge on any atom is 4.00 e. The first-order valence-corrected chi connectivity index (χ1v) is 7.40. The molecular weight excluding hydrogens is 475 g/mol. The summed E-state index contributed by atoms with van der Waals surface area (Å²) in [5.74, 6) is 0. The Balaban J connectivity index is 0.000000284. The molecule has 0 unspecified atom stereocenters. The SMILES string of the molecule is [Pt+4].[S-]C([S-])OC1CCC1.[S-]C([S-])OC1CCC1. The molecule has 2 fully saturated rings. The van der Waals surface area contributed by atoms with Crippen molar-refractivity contribution in [3.8, 4) is 0 Å². The number of hydrogen-bond acceptors (Lipinski definition) is 6. The fourth-order valence-corrected chi connectivity index (χ4v) is 1.96. The molecule has 2 saturated carbocycles. The molecule has 7 heteroatoms. The van der Waals surface area contributed by atoms with Crippen LogP contribution in [-0.2, 0) is 81.1 Å². The topological polar surface area (TPSA) is 18.5 Å². The Kier molecular flexibility index (Phi) is 12.0. The summed E-state index contributed by atoms with van der Waals surface area (Å²) in [5, 5.41) is 0. The van der Waals surface area contributed by atoms with E-state index in [9.17, 15) is 0 Å². The van der Waals surface area contributed by atoms with E-state index >= 15 is 0 Å². The minimum absolute atomic E-state index is 0. The van der Waals surface area contributed by atoms with E-state index in [0.29, 0.717) is 12.2 Å². The van der Waals surface area contributed by atoms with Crippen molar-refractivity contribution in [3.63, 3.8) is 0 Å². The third kappa shape index (κ3) is 9.53. The van der Waals surface area contributed by atoms with E-state index in [0.717, 1.165) is 25.7 Å². The van der Waals surface area contributed by atoms with Crippen LogP contribution >= 0.6 is 0 Å². The molecule has 0 aromatic heterocycles. The Morgan fingerprint density at radius 2 is 1.00 bits per heavy atom. The fraction of sp³-hybridized carbons (Fsp3) is 1.00. The summed E-state index contributed by atoms with van der Waals surface area (Å²) in [7, 11) is 0. The number of rotatable bonds is 4. The van der Waals surface area contributed by atoms with E-state index in [2.05, 4.69) is 50.5 Å². The van der Waals surface area contributed by atoms with Crippen LogP contribution in [-0.4, -0.2) is 21.7 Å². The first-order chi connectivity index (χ1) is 7.58. The van der Waals surface area contributed by atoms with Gasteiger partial charge in [-0.3, -0.25) is 0 Å². The third-order valence-corrected chi connectivity index (χ3v) is 3.16. The Morgan fingerprint density at radius 3 is 1.06 bits per heavy atom. The monoisotopic (exact) mass is 491 g/mol. The van der Waals surface area contributed by atoms with Gasteiger partial charge in [0.05, 0.1) is 12.2 Å². The Labute approximate surface area is 140 Å². The van der Waals surface area contributed by atoms with Crippen LogP contribution in [0.25, 0.3) is 0 Å². The fourth-order valence-electron chi connectivity index (χ4n) is 1.33. The van der Waals surface area contributed by atoms with Crippen molar-refractivity contribution in [1.82, 2.24) is 0 Å². The van der Waals surface area contributed by atoms with Crippen LogP contribution in [0.1, 0.15) is 38.5 Å². The molecule has 0 saturated heterocycles. The van der Waals surface area contributed by atoms with E-state index in [1.54, 1.807) is 0 Å². The predicted octanol–water partition coefficient (Wildman–Crippen LogP) is 1.86. The van der Waals surface area contributed by atoms with Crippen molar-refractivity contribution in [2.24, 2.45) is 0 Å². The van der Waals surface area contributed by atoms with Gasteiger partial charge in [-0.15, -0.1) is 0 Å². The molecule has 0 aromatic rings. The zero-order chi connectivity index (χ0) is 12.0. The second-order valence-electron chi connectivity index (χ2n) is 3.96. The van der Waals surface area contributed by atoms with Crippen LogP contribution in [0.3, 0.4) is 0 Å². The smallest absolute Gasteiger partial charge is 0.788 e. The summed E-state index contributed by atoms with van der Waals surface area (Å²) in [6.45, 7) is 0. The first kappa shape index (κ1) is 19.0. The molecule has 0 heterocycles. The van der Waals surface area contributed by atoms with Crippen LogP contribution in [0.4, 0.5) is 0 Å². The minimum Gasteiger partial charge on any atom is -0.788 e. The average molecular weight is 492 g/mol. The van der Waals surface area contributed by atoms with Crippen molar-refractivity contribution in [1.29, 1.82) is 0 Å². The van der Waals surface area contributed by atoms with Crippen LogP contribution in [0, 0.1) is 0 Å². The van der Waals surface area contributed by atoms with Gasteiger partial charge in [-0.05, 0) is 38.5 Å². The Bertz CT molecular complexity index is 167. The zero-order valence-electron chi connectivity index (χ0n) is 9.32. The molecule has 2 aliphatic carbocycles. The number of hydrogen-bond donors (Lipinski definition) is 0. The van der Waals surface area contributed by atoms with E-state index in [1.165, 1.54) is 12.8 Å². The van der Waals surface area contributed by atoms with Gasteiger partial charge in [0.15, 0.2) is 0 Å². The molecular formula is C10H16O2PtS4. The maximum atomic E-state index is 5.12. The van der Waals surface area contributed by atoms with Gasteiger partial charge in [-0.25, -0.2) is 0 Å². The molecule has 102 valence electrons. The molecule has 2 nitrogen and oxygen atoms in total. The van der Waals surface area contributed by atoms with Crippen LogP contribution in [0.15, 0.2) is 0 Å². The molecule has 2 aliphatic rings. The summed E-state index contributed by atoms with van der Waals surface area (Å²) in [5.41, 5.74) is 0. The summed E-state index contributed by atoms with van der Waals surface area (Å²) in [6.07, 6.45) is 7.98. The van der Waals surface area contributed by atoms with Crippen molar-refractivity contribution in [2.45, 2.75) is 60.3 Å². The van der Waals surface area contributed by atoms with Crippen molar-refractivity contribution >= 4 is 50.5 Å². The molecule has 0 N–H and O–H groups in total. The molecule has 2 rings (SSSR count). The van der Waals surface area contributed by atoms with Crippen LogP contribution < -0.4 is 0 Å². The Hall–Kier alpha value is 2.01. The van der Waals surface area contributed by atoms with E-state index in [4.69, 9.17) is 9.47 Å². The summed E-state index contributed by atoms with van der Waals surface area (Å²) in [6, 6.07) is 0. The summed E-state index contributed by atoms with van der Waals surface area (Å²) < 4.78 is 9.43. The molecule has 0 amide bonds. The molecule has 17 heavy (non-hydrogen) atoms. The third-order valence-electron chi connectivity index (χ3n) is 2.71. The van der Waals surface area contributed by atoms with Gasteiger partial charge < -0.3 is 60.0 Å². The van der Waals surface area contributed by atoms with Gasteiger partial charge in [0, 0.05) is 0 Å². The van der Waals surface area contributed by atoms with Crippen LogP contribution in [0.2, 0.25) is 0 Å². The maximum absolute atomic E-state index is 5.12. The second kappa shape index (κ2) is 10.8. The molecule has 0 bridgehead atoms. The normalized spacial score (nSPS) is 20.1. The molecule has 0 spiro atoms. The van der Waals surface area contributed by atoms with Crippen molar-refractivity contribution in [2.75, 3.05) is 0 Å². The van der Waals surface area contributed by atoms with E-state index < -0.39 is 9.54 Å². The van der Waals surface area contributed by atoms with Crippen molar-refractivity contribution in [3.05, 3.63) is 0 Å². The van der Waals surface area contributed by atoms with Gasteiger partial charge in [0.2, 0.25) is 0 Å². The molecule has 0 aliphatic heterocycles. The van der Waals surface area contributed by atoms with Gasteiger partial charge in [0.1, 0.15) is 0 Å². The molecule has 0 aromatic carbocycles. The van der Waals surface area contributed by atoms with Gasteiger partial charge >= 0.3 is 21.1 Å². The standard InChI is InChI=1S/2C5H10OS2.Pt/c2*7-5(8)6-4-2-1-3-4;/h2*4-5,7-8H,1-3H2;/q;;+4/p-4. The van der Waals surface area contributed by atoms with E-state index in [-0.39, 0.29) is 21.1 Å². The minimum atomic E-state index is -0.403. The number of ether oxygens (including phenoxy) is 2. The van der Waals surface area contributed by atoms with Gasteiger partial charge in [0.25, 0.3) is 0 Å². The summed E-state index contributed by atoms with van der Waals surface area (Å²) in [4.78, 5) is 0. The first-order valence-electron chi connectivity index (χ1n) is 5.52. The van der Waals surface area contributed by atoms with E-state index in [1.807, 2.05) is 0 Å². The zero-order valence-corrected chi connectivity index (χ0v) is 14.9. The average Bonchev–Trinajstić information content (AvgIpc) is 2.05. The Morgan fingerprint density at radius 1 is 0.706 bits per heavy atom. The van der Waals surface area contributed by atoms with Crippen molar-refractivity contribution < 1.29 is 30.5 Å². The summed E-state index contributed by atoms with van der Waals surface area (Å²) >= 11 is 18.6. The quantitative estimate of drug-likeness (QED) is 0.555. The van der Waals surface area contributed by atoms with Gasteiger partial charge in [-0.1, -0.05) is 0 Å². The second-order valence-corrected chi connectivity index (χ2v) is 6.26. The largest absolute Gasteiger partial charge is 4.00 e. The predicted molar refractivity (Wildman–Crippen MR) is 74.5 cm³/mol. The van der Waals surface area contributed by atoms with Crippen LogP contribution in [0.5, 0.6) is 0 Å². The molecule has 0 atom stereocenters. The van der Waals surface area contributed by atoms with Gasteiger partial charge in [-0.2, -0.15) is 9.54 Å².